The van der Waals surface area contributed by atoms with E-state index in [1.54, 1.807) is 6.20 Å². The van der Waals surface area contributed by atoms with Crippen molar-refractivity contribution in [2.24, 2.45) is 0 Å². The van der Waals surface area contributed by atoms with Gasteiger partial charge in [0.05, 0.1) is 22.8 Å². The molecule has 1 aliphatic heterocycles. The number of piperidine rings is 1. The molecule has 1 atom stereocenters. The quantitative estimate of drug-likeness (QED) is 0.735. The maximum atomic E-state index is 13.5. The van der Waals surface area contributed by atoms with Crippen LogP contribution in [-0.2, 0) is 0 Å². The lowest BCUT2D eigenvalue weighted by Gasteiger charge is -2.32. The van der Waals surface area contributed by atoms with Gasteiger partial charge in [-0.2, -0.15) is 5.10 Å². The molecule has 1 fully saturated rings. The Hall–Kier alpha value is -2.73. The molecule has 1 aliphatic rings. The molecular weight excluding hydrogens is 362 g/mol. The number of pyridine rings is 1. The van der Waals surface area contributed by atoms with Crippen molar-refractivity contribution in [2.75, 3.05) is 20.1 Å². The minimum Gasteiger partial charge on any atom is -0.337 e. The summed E-state index contributed by atoms with van der Waals surface area (Å²) in [5.74, 6) is 0.0639. The third-order valence-corrected chi connectivity index (χ3v) is 5.75. The molecule has 1 aromatic carbocycles. The number of amides is 1. The highest BCUT2D eigenvalue weighted by atomic mass is 16.2. The Bertz CT molecular complexity index is 1020. The van der Waals surface area contributed by atoms with E-state index in [1.807, 2.05) is 22.7 Å². The van der Waals surface area contributed by atoms with Crippen LogP contribution in [0, 0.1) is 6.92 Å². The number of carbonyl (C=O) groups excluding carboxylic acids is 1. The second kappa shape index (κ2) is 7.95. The minimum absolute atomic E-state index is 0.0639. The number of nitrogens with one attached hydrogen (secondary N) is 1. The van der Waals surface area contributed by atoms with Crippen molar-refractivity contribution in [3.63, 3.8) is 0 Å². The van der Waals surface area contributed by atoms with Crippen molar-refractivity contribution >= 4 is 16.9 Å². The molecule has 152 valence electrons. The Labute approximate surface area is 171 Å². The summed E-state index contributed by atoms with van der Waals surface area (Å²) in [4.78, 5) is 20.4. The lowest BCUT2D eigenvalue weighted by molar-refractivity contribution is 0.0700. The lowest BCUT2D eigenvalue weighted by Crippen LogP contribution is -2.47. The topological polar surface area (TPSA) is 63.1 Å². The predicted molar refractivity (Wildman–Crippen MR) is 116 cm³/mol. The number of benzene rings is 1. The highest BCUT2D eigenvalue weighted by Gasteiger charge is 2.26. The Morgan fingerprint density at radius 3 is 2.69 bits per heavy atom. The number of likely N-dealkylation sites (tertiary alicyclic amines) is 1. The average molecular weight is 392 g/mol. The van der Waals surface area contributed by atoms with E-state index < -0.39 is 0 Å². The van der Waals surface area contributed by atoms with Gasteiger partial charge in [0.1, 0.15) is 0 Å². The Morgan fingerprint density at radius 2 is 2.00 bits per heavy atom. The van der Waals surface area contributed by atoms with E-state index in [0.29, 0.717) is 11.6 Å². The number of fused-ring (bicyclic) bond motifs is 1. The summed E-state index contributed by atoms with van der Waals surface area (Å²) in [5, 5.41) is 8.68. The van der Waals surface area contributed by atoms with Gasteiger partial charge in [-0.3, -0.25) is 4.79 Å². The fourth-order valence-corrected chi connectivity index (χ4v) is 4.01. The first-order chi connectivity index (χ1) is 14.0. The van der Waals surface area contributed by atoms with Crippen LogP contribution < -0.4 is 5.32 Å². The van der Waals surface area contributed by atoms with E-state index in [2.05, 4.69) is 55.5 Å². The molecule has 1 saturated heterocycles. The SMILES string of the molecule is CNC1CCCN(C(=O)c2cc(-c3ccc(C)cc3)nc3c2cnn3C(C)C)C1. The summed E-state index contributed by atoms with van der Waals surface area (Å²) in [7, 11) is 1.96. The molecule has 0 aliphatic carbocycles. The van der Waals surface area contributed by atoms with Gasteiger partial charge in [0.2, 0.25) is 0 Å². The third-order valence-electron chi connectivity index (χ3n) is 5.75. The fraction of sp³-hybridized carbons (Fsp3) is 0.435. The van der Waals surface area contributed by atoms with Crippen LogP contribution in [0.15, 0.2) is 36.5 Å². The number of rotatable bonds is 4. The zero-order valence-electron chi connectivity index (χ0n) is 17.6. The van der Waals surface area contributed by atoms with Gasteiger partial charge in [0.25, 0.3) is 5.91 Å². The van der Waals surface area contributed by atoms with Gasteiger partial charge in [0.15, 0.2) is 5.65 Å². The Balaban J connectivity index is 1.83. The summed E-state index contributed by atoms with van der Waals surface area (Å²) in [5.41, 5.74) is 4.47. The number of likely N-dealkylation sites (N-methyl/N-ethyl adjacent to an activating group) is 1. The van der Waals surface area contributed by atoms with E-state index >= 15 is 0 Å². The molecule has 1 unspecified atom stereocenters. The van der Waals surface area contributed by atoms with Crippen LogP contribution in [0.25, 0.3) is 22.3 Å². The first-order valence-corrected chi connectivity index (χ1v) is 10.4. The Kier molecular flexibility index (Phi) is 5.37. The van der Waals surface area contributed by atoms with Gasteiger partial charge in [-0.05, 0) is 46.7 Å². The van der Waals surface area contributed by atoms with E-state index in [-0.39, 0.29) is 11.9 Å². The summed E-state index contributed by atoms with van der Waals surface area (Å²) in [6.07, 6.45) is 3.90. The van der Waals surface area contributed by atoms with Crippen LogP contribution in [0.1, 0.15) is 48.7 Å². The number of carbonyl (C=O) groups is 1. The summed E-state index contributed by atoms with van der Waals surface area (Å²) >= 11 is 0. The fourth-order valence-electron chi connectivity index (χ4n) is 4.01. The molecule has 3 heterocycles. The van der Waals surface area contributed by atoms with E-state index in [1.165, 1.54) is 5.56 Å². The van der Waals surface area contributed by atoms with Crippen molar-refractivity contribution in [3.05, 3.63) is 47.7 Å². The van der Waals surface area contributed by atoms with E-state index in [4.69, 9.17) is 4.98 Å². The molecule has 1 N–H and O–H groups in total. The number of nitrogens with zero attached hydrogens (tertiary/aromatic N) is 4. The van der Waals surface area contributed by atoms with E-state index in [0.717, 1.165) is 48.2 Å². The summed E-state index contributed by atoms with van der Waals surface area (Å²) < 4.78 is 1.90. The first-order valence-electron chi connectivity index (χ1n) is 10.4. The number of hydrogen-bond donors (Lipinski definition) is 1. The number of hydrogen-bond acceptors (Lipinski definition) is 4. The van der Waals surface area contributed by atoms with Crippen LogP contribution in [0.5, 0.6) is 0 Å². The summed E-state index contributed by atoms with van der Waals surface area (Å²) in [6, 6.07) is 10.7. The zero-order valence-corrected chi connectivity index (χ0v) is 17.6. The maximum absolute atomic E-state index is 13.5. The standard InChI is InChI=1S/C23H29N5O/c1-15(2)28-22-20(13-25-28)19(23(29)27-11-5-6-18(14-27)24-4)12-21(26-22)17-9-7-16(3)8-10-17/h7-10,12-13,15,18,24H,5-6,11,14H2,1-4H3. The highest BCUT2D eigenvalue weighted by molar-refractivity contribution is 6.06. The van der Waals surface area contributed by atoms with Crippen molar-refractivity contribution in [1.29, 1.82) is 0 Å². The number of aryl methyl sites for hydroxylation is 1. The smallest absolute Gasteiger partial charge is 0.254 e. The van der Waals surface area contributed by atoms with Gasteiger partial charge in [-0.15, -0.1) is 0 Å². The molecule has 1 amide bonds. The average Bonchev–Trinajstić information content (AvgIpc) is 3.17. The first kappa shape index (κ1) is 19.6. The molecule has 6 heteroatoms. The molecule has 0 saturated carbocycles. The van der Waals surface area contributed by atoms with Gasteiger partial charge in [0, 0.05) is 30.7 Å². The molecule has 0 spiro atoms. The van der Waals surface area contributed by atoms with Crippen LogP contribution in [0.4, 0.5) is 0 Å². The normalized spacial score (nSPS) is 17.3. The summed E-state index contributed by atoms with van der Waals surface area (Å²) in [6.45, 7) is 7.75. The molecule has 29 heavy (non-hydrogen) atoms. The molecule has 2 aromatic heterocycles. The molecule has 3 aromatic rings. The largest absolute Gasteiger partial charge is 0.337 e. The van der Waals surface area contributed by atoms with Crippen molar-refractivity contribution in [3.8, 4) is 11.3 Å². The van der Waals surface area contributed by atoms with Crippen LogP contribution in [-0.4, -0.2) is 51.8 Å². The monoisotopic (exact) mass is 391 g/mol. The molecule has 0 radical (unpaired) electrons. The van der Waals surface area contributed by atoms with Gasteiger partial charge >= 0.3 is 0 Å². The second-order valence-electron chi connectivity index (χ2n) is 8.22. The van der Waals surface area contributed by atoms with Gasteiger partial charge in [-0.1, -0.05) is 29.8 Å². The predicted octanol–water partition coefficient (Wildman–Crippen LogP) is 3.81. The third kappa shape index (κ3) is 3.77. The van der Waals surface area contributed by atoms with Crippen LogP contribution >= 0.6 is 0 Å². The van der Waals surface area contributed by atoms with Crippen molar-refractivity contribution in [2.45, 2.75) is 45.7 Å². The van der Waals surface area contributed by atoms with Crippen LogP contribution in [0.2, 0.25) is 0 Å². The van der Waals surface area contributed by atoms with Gasteiger partial charge < -0.3 is 10.2 Å². The van der Waals surface area contributed by atoms with Crippen LogP contribution in [0.3, 0.4) is 0 Å². The highest BCUT2D eigenvalue weighted by Crippen LogP contribution is 2.28. The molecule has 4 rings (SSSR count). The second-order valence-corrected chi connectivity index (χ2v) is 8.22. The van der Waals surface area contributed by atoms with Crippen molar-refractivity contribution in [1.82, 2.24) is 25.0 Å². The molecule has 0 bridgehead atoms. The van der Waals surface area contributed by atoms with Gasteiger partial charge in [-0.25, -0.2) is 9.67 Å². The molecule has 6 nitrogen and oxygen atoms in total. The Morgan fingerprint density at radius 1 is 1.24 bits per heavy atom. The zero-order chi connectivity index (χ0) is 20.5. The lowest BCUT2D eigenvalue weighted by atomic mass is 10.0. The van der Waals surface area contributed by atoms with Crippen molar-refractivity contribution < 1.29 is 4.79 Å². The molecular formula is C23H29N5O. The maximum Gasteiger partial charge on any atom is 0.254 e. The van der Waals surface area contributed by atoms with E-state index in [9.17, 15) is 4.79 Å². The number of aromatic nitrogens is 3. The minimum atomic E-state index is 0.0639.